The largest absolute Gasteiger partial charge is 0.464 e. The van der Waals surface area contributed by atoms with Gasteiger partial charge in [-0.1, -0.05) is 57.9 Å². The summed E-state index contributed by atoms with van der Waals surface area (Å²) < 4.78 is 7.22. The van der Waals surface area contributed by atoms with Gasteiger partial charge in [0, 0.05) is 17.6 Å². The molecule has 0 bridgehead atoms. The average molecular weight is 525 g/mol. The van der Waals surface area contributed by atoms with E-state index in [0.29, 0.717) is 6.54 Å². The van der Waals surface area contributed by atoms with Crippen LogP contribution < -0.4 is 5.32 Å². The van der Waals surface area contributed by atoms with E-state index in [9.17, 15) is 14.4 Å². The number of benzene rings is 2. The van der Waals surface area contributed by atoms with Gasteiger partial charge in [-0.15, -0.1) is 0 Å². The first-order chi connectivity index (χ1) is 16.2. The zero-order valence-electron chi connectivity index (χ0n) is 19.2. The number of aryl methyl sites for hydroxylation is 1. The van der Waals surface area contributed by atoms with Crippen molar-refractivity contribution in [2.75, 3.05) is 7.11 Å². The molecular weight excluding hydrogens is 500 g/mol. The molecule has 0 fully saturated rings. The minimum atomic E-state index is -1.22. The van der Waals surface area contributed by atoms with E-state index in [1.807, 2.05) is 55.5 Å². The fourth-order valence-electron chi connectivity index (χ4n) is 4.08. The molecule has 1 unspecified atom stereocenters. The zero-order valence-corrected chi connectivity index (χ0v) is 20.8. The van der Waals surface area contributed by atoms with Gasteiger partial charge in [-0.25, -0.2) is 9.78 Å². The van der Waals surface area contributed by atoms with Gasteiger partial charge >= 0.3 is 5.97 Å². The quantitative estimate of drug-likeness (QED) is 0.498. The molecule has 1 aliphatic rings. The smallest absolute Gasteiger partial charge is 0.359 e. The lowest BCUT2D eigenvalue weighted by Gasteiger charge is -2.43. The Kier molecular flexibility index (Phi) is 6.56. The van der Waals surface area contributed by atoms with Crippen LogP contribution in [0.4, 0.5) is 0 Å². The molecule has 0 saturated heterocycles. The average Bonchev–Trinajstić information content (AvgIpc) is 3.24. The van der Waals surface area contributed by atoms with Crippen LogP contribution in [0.2, 0.25) is 0 Å². The van der Waals surface area contributed by atoms with Crippen LogP contribution in [-0.4, -0.2) is 44.9 Å². The van der Waals surface area contributed by atoms with Crippen LogP contribution in [0.25, 0.3) is 0 Å². The highest BCUT2D eigenvalue weighted by atomic mass is 79.9. The Hall–Kier alpha value is -3.46. The van der Waals surface area contributed by atoms with Crippen LogP contribution in [0.1, 0.15) is 44.6 Å². The Balaban J connectivity index is 1.69. The van der Waals surface area contributed by atoms with Gasteiger partial charge in [-0.3, -0.25) is 9.59 Å². The molecule has 1 aromatic heterocycles. The van der Waals surface area contributed by atoms with Crippen LogP contribution in [0, 0.1) is 6.92 Å². The van der Waals surface area contributed by atoms with Crippen molar-refractivity contribution < 1.29 is 19.1 Å². The van der Waals surface area contributed by atoms with E-state index in [-0.39, 0.29) is 30.4 Å². The number of methoxy groups -OCH3 is 1. The summed E-state index contributed by atoms with van der Waals surface area (Å²) >= 11 is 3.46. The summed E-state index contributed by atoms with van der Waals surface area (Å²) in [6.45, 7) is 4.39. The first-order valence-corrected chi connectivity index (χ1v) is 11.6. The number of nitrogens with one attached hydrogen (secondary N) is 1. The Bertz CT molecular complexity index is 1250. The minimum absolute atomic E-state index is 0.0612. The van der Waals surface area contributed by atoms with Crippen LogP contribution in [0.5, 0.6) is 0 Å². The predicted octanol–water partition coefficient (Wildman–Crippen LogP) is 3.47. The van der Waals surface area contributed by atoms with Crippen LogP contribution in [0.3, 0.4) is 0 Å². The number of ether oxygens (including phenoxy) is 1. The molecule has 1 N–H and O–H groups in total. The Morgan fingerprint density at radius 3 is 2.59 bits per heavy atom. The third-order valence-electron chi connectivity index (χ3n) is 6.03. The van der Waals surface area contributed by atoms with Gasteiger partial charge in [0.1, 0.15) is 11.2 Å². The Morgan fingerprint density at radius 2 is 1.91 bits per heavy atom. The molecule has 3 aromatic rings. The molecule has 1 aliphatic heterocycles. The molecule has 0 radical (unpaired) electrons. The normalized spacial score (nSPS) is 17.3. The molecule has 4 rings (SSSR count). The lowest BCUT2D eigenvalue weighted by Crippen LogP contribution is -2.63. The van der Waals surface area contributed by atoms with Gasteiger partial charge in [0.2, 0.25) is 5.91 Å². The molecule has 0 aliphatic carbocycles. The van der Waals surface area contributed by atoms with Crippen LogP contribution >= 0.6 is 15.9 Å². The number of amides is 2. The number of hydrogen-bond donors (Lipinski definition) is 1. The van der Waals surface area contributed by atoms with Crippen molar-refractivity contribution in [3.63, 3.8) is 0 Å². The maximum absolute atomic E-state index is 13.7. The van der Waals surface area contributed by atoms with Gasteiger partial charge in [0.25, 0.3) is 5.91 Å². The number of rotatable bonds is 6. The molecule has 2 aromatic carbocycles. The summed E-state index contributed by atoms with van der Waals surface area (Å²) in [6.07, 6.45) is 1.40. The fourth-order valence-corrected chi connectivity index (χ4v) is 4.53. The third-order valence-corrected chi connectivity index (χ3v) is 6.52. The summed E-state index contributed by atoms with van der Waals surface area (Å²) in [5, 5.41) is 2.98. The van der Waals surface area contributed by atoms with E-state index in [4.69, 9.17) is 4.74 Å². The second kappa shape index (κ2) is 9.42. The van der Waals surface area contributed by atoms with E-state index >= 15 is 0 Å². The molecule has 2 heterocycles. The summed E-state index contributed by atoms with van der Waals surface area (Å²) in [6, 6.07) is 15.4. The second-order valence-electron chi connectivity index (χ2n) is 8.52. The number of imidazole rings is 1. The number of halogens is 1. The predicted molar refractivity (Wildman–Crippen MR) is 129 cm³/mol. The molecule has 0 saturated carbocycles. The van der Waals surface area contributed by atoms with E-state index in [1.165, 1.54) is 18.3 Å². The van der Waals surface area contributed by atoms with Gasteiger partial charge in [0.15, 0.2) is 5.69 Å². The molecule has 0 spiro atoms. The Labute approximate surface area is 206 Å². The van der Waals surface area contributed by atoms with Gasteiger partial charge < -0.3 is 19.5 Å². The molecular formula is C25H25BrN4O4. The lowest BCUT2D eigenvalue weighted by molar-refractivity contribution is -0.133. The van der Waals surface area contributed by atoms with Crippen molar-refractivity contribution in [3.8, 4) is 0 Å². The van der Waals surface area contributed by atoms with Crippen molar-refractivity contribution in [1.82, 2.24) is 19.8 Å². The topological polar surface area (TPSA) is 93.5 Å². The highest BCUT2D eigenvalue weighted by Gasteiger charge is 2.48. The lowest BCUT2D eigenvalue weighted by atomic mass is 9.93. The molecule has 8 nitrogen and oxygen atoms in total. The number of hydrogen-bond acceptors (Lipinski definition) is 5. The van der Waals surface area contributed by atoms with Crippen LogP contribution in [-0.2, 0) is 29.2 Å². The summed E-state index contributed by atoms with van der Waals surface area (Å²) in [7, 11) is 1.24. The summed E-state index contributed by atoms with van der Waals surface area (Å²) in [4.78, 5) is 45.1. The minimum Gasteiger partial charge on any atom is -0.464 e. The maximum atomic E-state index is 13.7. The first kappa shape index (κ1) is 23.7. The van der Waals surface area contributed by atoms with E-state index in [0.717, 1.165) is 21.2 Å². The summed E-state index contributed by atoms with van der Waals surface area (Å²) in [5.74, 6) is -1.45. The zero-order chi connectivity index (χ0) is 24.5. The first-order valence-electron chi connectivity index (χ1n) is 10.8. The fraction of sp³-hybridized carbons (Fsp3) is 0.280. The van der Waals surface area contributed by atoms with Gasteiger partial charge in [-0.2, -0.15) is 0 Å². The number of carbonyl (C=O) groups is 3. The van der Waals surface area contributed by atoms with Crippen molar-refractivity contribution in [2.24, 2.45) is 0 Å². The van der Waals surface area contributed by atoms with E-state index < -0.39 is 17.4 Å². The maximum Gasteiger partial charge on any atom is 0.359 e. The standard InChI is InChI=1S/C25H25BrN4O4/c1-16-7-9-17(10-8-16)12-27-24(33)25(2)14-29-15-28-20(23(32)34-3)21(29)22(31)30(25)13-18-5-4-6-19(26)11-18/h4-11,15H,12-14H2,1-3H3,(H,27,33). The molecule has 9 heteroatoms. The highest BCUT2D eigenvalue weighted by molar-refractivity contribution is 9.10. The van der Waals surface area contributed by atoms with Crippen molar-refractivity contribution in [1.29, 1.82) is 0 Å². The molecule has 2 amide bonds. The number of carbonyl (C=O) groups excluding carboxylic acids is 3. The van der Waals surface area contributed by atoms with E-state index in [2.05, 4.69) is 26.2 Å². The number of esters is 1. The molecule has 1 atom stereocenters. The highest BCUT2D eigenvalue weighted by Crippen LogP contribution is 2.31. The summed E-state index contributed by atoms with van der Waals surface area (Å²) in [5.41, 5.74) is 1.77. The second-order valence-corrected chi connectivity index (χ2v) is 9.44. The SMILES string of the molecule is COC(=O)c1ncn2c1C(=O)N(Cc1cccc(Br)c1)C(C)(C(=O)NCc1ccc(C)cc1)C2. The Morgan fingerprint density at radius 1 is 1.18 bits per heavy atom. The number of nitrogens with zero attached hydrogens (tertiary/aromatic N) is 3. The van der Waals surface area contributed by atoms with Crippen molar-refractivity contribution in [2.45, 2.75) is 39.0 Å². The number of fused-ring (bicyclic) bond motifs is 1. The van der Waals surface area contributed by atoms with Crippen molar-refractivity contribution in [3.05, 3.63) is 87.4 Å². The van der Waals surface area contributed by atoms with Crippen molar-refractivity contribution >= 4 is 33.7 Å². The van der Waals surface area contributed by atoms with Gasteiger partial charge in [-0.05, 0) is 37.1 Å². The monoisotopic (exact) mass is 524 g/mol. The number of aromatic nitrogens is 2. The van der Waals surface area contributed by atoms with Gasteiger partial charge in [0.05, 0.1) is 20.0 Å². The van der Waals surface area contributed by atoms with E-state index in [1.54, 1.807) is 11.5 Å². The van der Waals surface area contributed by atoms with Crippen LogP contribution in [0.15, 0.2) is 59.3 Å². The third kappa shape index (κ3) is 4.48. The molecule has 34 heavy (non-hydrogen) atoms. The molecule has 176 valence electrons.